The maximum absolute atomic E-state index is 10.7. The van der Waals surface area contributed by atoms with Crippen LogP contribution in [-0.4, -0.2) is 29.0 Å². The van der Waals surface area contributed by atoms with Crippen LogP contribution in [0.25, 0.3) is 0 Å². The van der Waals surface area contributed by atoms with Crippen molar-refractivity contribution in [2.24, 2.45) is 16.6 Å². The van der Waals surface area contributed by atoms with Gasteiger partial charge in [0.2, 0.25) is 5.91 Å². The van der Waals surface area contributed by atoms with Crippen molar-refractivity contribution in [2.45, 2.75) is 45.2 Å². The van der Waals surface area contributed by atoms with Crippen LogP contribution in [0.2, 0.25) is 0 Å². The molecule has 6 heteroatoms. The Balaban J connectivity index is 4.03. The second-order valence-corrected chi connectivity index (χ2v) is 3.64. The van der Waals surface area contributed by atoms with Crippen molar-refractivity contribution in [3.8, 4) is 0 Å². The Morgan fingerprint density at radius 2 is 2.07 bits per heavy atom. The Labute approximate surface area is 89.7 Å². The molecule has 0 aliphatic rings. The van der Waals surface area contributed by atoms with E-state index in [9.17, 15) is 4.79 Å². The lowest BCUT2D eigenvalue weighted by Gasteiger charge is -2.20. The fraction of sp³-hybridized carbons (Fsp3) is 0.778. The van der Waals surface area contributed by atoms with Gasteiger partial charge in [0.1, 0.15) is 5.84 Å². The number of primary amides is 1. The van der Waals surface area contributed by atoms with Gasteiger partial charge in [-0.2, -0.15) is 0 Å². The molecule has 0 aromatic heterocycles. The summed E-state index contributed by atoms with van der Waals surface area (Å²) in [5.41, 5.74) is 10.5. The van der Waals surface area contributed by atoms with Crippen LogP contribution >= 0.6 is 0 Å². The molecule has 1 amide bonds. The fourth-order valence-electron chi connectivity index (χ4n) is 1.38. The summed E-state index contributed by atoms with van der Waals surface area (Å²) in [5.74, 6) is -0.158. The van der Waals surface area contributed by atoms with Gasteiger partial charge in [0.25, 0.3) is 0 Å². The minimum Gasteiger partial charge on any atom is -0.409 e. The van der Waals surface area contributed by atoms with Crippen molar-refractivity contribution in [1.82, 2.24) is 5.32 Å². The van der Waals surface area contributed by atoms with Crippen molar-refractivity contribution >= 4 is 11.7 Å². The quantitative estimate of drug-likeness (QED) is 0.203. The summed E-state index contributed by atoms with van der Waals surface area (Å²) in [6, 6.07) is 0.0918. The van der Waals surface area contributed by atoms with Gasteiger partial charge in [-0.05, 0) is 13.3 Å². The van der Waals surface area contributed by atoms with Crippen molar-refractivity contribution in [1.29, 1.82) is 0 Å². The van der Waals surface area contributed by atoms with Crippen LogP contribution in [0.15, 0.2) is 5.16 Å². The van der Waals surface area contributed by atoms with E-state index in [1.807, 2.05) is 13.8 Å². The standard InChI is InChI=1S/C9H20N4O2/c1-3-7(5-8(10)13-15)12-6(2)4-9(11)14/h6-7,12,15H,3-5H2,1-2H3,(H2,10,13)(H2,11,14). The molecular formula is C9H20N4O2. The van der Waals surface area contributed by atoms with E-state index in [0.717, 1.165) is 6.42 Å². The smallest absolute Gasteiger partial charge is 0.218 e. The van der Waals surface area contributed by atoms with Gasteiger partial charge >= 0.3 is 0 Å². The molecule has 2 unspecified atom stereocenters. The molecule has 2 atom stereocenters. The molecule has 0 fully saturated rings. The predicted molar refractivity (Wildman–Crippen MR) is 58.5 cm³/mol. The van der Waals surface area contributed by atoms with Gasteiger partial charge in [0.05, 0.1) is 0 Å². The van der Waals surface area contributed by atoms with Crippen molar-refractivity contribution in [2.75, 3.05) is 0 Å². The lowest BCUT2D eigenvalue weighted by Crippen LogP contribution is -2.40. The largest absolute Gasteiger partial charge is 0.409 e. The molecule has 6 N–H and O–H groups in total. The highest BCUT2D eigenvalue weighted by Crippen LogP contribution is 2.01. The second kappa shape index (κ2) is 7.05. The molecule has 0 saturated heterocycles. The van der Waals surface area contributed by atoms with Crippen LogP contribution in [0.5, 0.6) is 0 Å². The van der Waals surface area contributed by atoms with E-state index < -0.39 is 0 Å². The minimum absolute atomic E-state index is 0.000979. The predicted octanol–water partition coefficient (Wildman–Crippen LogP) is -0.245. The monoisotopic (exact) mass is 216 g/mol. The third-order valence-electron chi connectivity index (χ3n) is 2.10. The van der Waals surface area contributed by atoms with Crippen molar-refractivity contribution < 1.29 is 10.0 Å². The Morgan fingerprint density at radius 1 is 1.47 bits per heavy atom. The molecule has 0 spiro atoms. The van der Waals surface area contributed by atoms with Gasteiger partial charge in [-0.1, -0.05) is 12.1 Å². The first-order chi connectivity index (χ1) is 6.99. The average molecular weight is 216 g/mol. The van der Waals surface area contributed by atoms with Crippen LogP contribution in [-0.2, 0) is 4.79 Å². The van der Waals surface area contributed by atoms with Gasteiger partial charge in [0.15, 0.2) is 0 Å². The summed E-state index contributed by atoms with van der Waals surface area (Å²) in [7, 11) is 0. The number of oxime groups is 1. The number of hydrogen-bond donors (Lipinski definition) is 4. The second-order valence-electron chi connectivity index (χ2n) is 3.64. The first-order valence-electron chi connectivity index (χ1n) is 5.00. The molecule has 0 rings (SSSR count). The molecule has 6 nitrogen and oxygen atoms in total. The number of amides is 1. The number of nitrogens with two attached hydrogens (primary N) is 2. The molecule has 0 bridgehead atoms. The molecule has 0 saturated carbocycles. The van der Waals surface area contributed by atoms with E-state index in [4.69, 9.17) is 16.7 Å². The van der Waals surface area contributed by atoms with Crippen molar-refractivity contribution in [3.63, 3.8) is 0 Å². The highest BCUT2D eigenvalue weighted by molar-refractivity contribution is 5.80. The Bertz CT molecular complexity index is 230. The maximum atomic E-state index is 10.7. The zero-order valence-electron chi connectivity index (χ0n) is 9.23. The summed E-state index contributed by atoms with van der Waals surface area (Å²) >= 11 is 0. The summed E-state index contributed by atoms with van der Waals surface area (Å²) in [6.45, 7) is 3.86. The number of rotatable bonds is 7. The summed E-state index contributed by atoms with van der Waals surface area (Å²) in [5, 5.41) is 14.5. The number of hydrogen-bond acceptors (Lipinski definition) is 4. The van der Waals surface area contributed by atoms with E-state index in [0.29, 0.717) is 6.42 Å². The van der Waals surface area contributed by atoms with Crippen LogP contribution in [0.1, 0.15) is 33.1 Å². The Morgan fingerprint density at radius 3 is 2.47 bits per heavy atom. The molecule has 0 heterocycles. The number of carbonyl (C=O) groups is 1. The Hall–Kier alpha value is -1.30. The summed E-state index contributed by atoms with van der Waals surface area (Å²) < 4.78 is 0. The van der Waals surface area contributed by atoms with Crippen LogP contribution in [0.3, 0.4) is 0 Å². The van der Waals surface area contributed by atoms with Gasteiger partial charge in [-0.25, -0.2) is 0 Å². The highest BCUT2D eigenvalue weighted by Gasteiger charge is 2.13. The zero-order chi connectivity index (χ0) is 11.8. The number of carbonyl (C=O) groups excluding carboxylic acids is 1. The molecule has 0 aromatic rings. The maximum Gasteiger partial charge on any atom is 0.218 e. The van der Waals surface area contributed by atoms with Gasteiger partial charge in [-0.15, -0.1) is 0 Å². The topological polar surface area (TPSA) is 114 Å². The zero-order valence-corrected chi connectivity index (χ0v) is 9.23. The van der Waals surface area contributed by atoms with E-state index in [1.165, 1.54) is 0 Å². The molecule has 88 valence electrons. The van der Waals surface area contributed by atoms with E-state index in [-0.39, 0.29) is 30.2 Å². The third kappa shape index (κ3) is 6.73. The number of nitrogens with zero attached hydrogens (tertiary/aromatic N) is 1. The third-order valence-corrected chi connectivity index (χ3v) is 2.10. The van der Waals surface area contributed by atoms with E-state index in [1.54, 1.807) is 0 Å². The Kier molecular flexibility index (Phi) is 6.44. The first kappa shape index (κ1) is 13.7. The van der Waals surface area contributed by atoms with E-state index >= 15 is 0 Å². The molecule has 0 aliphatic heterocycles. The van der Waals surface area contributed by atoms with Crippen LogP contribution < -0.4 is 16.8 Å². The lowest BCUT2D eigenvalue weighted by molar-refractivity contribution is -0.118. The van der Waals surface area contributed by atoms with Gasteiger partial charge in [-0.3, -0.25) is 4.79 Å². The molecule has 0 aliphatic carbocycles. The first-order valence-corrected chi connectivity index (χ1v) is 5.00. The van der Waals surface area contributed by atoms with Gasteiger partial charge < -0.3 is 22.0 Å². The van der Waals surface area contributed by atoms with Crippen LogP contribution in [0.4, 0.5) is 0 Å². The number of amidine groups is 1. The molecule has 0 radical (unpaired) electrons. The van der Waals surface area contributed by atoms with E-state index in [2.05, 4.69) is 10.5 Å². The van der Waals surface area contributed by atoms with Crippen molar-refractivity contribution in [3.05, 3.63) is 0 Å². The number of nitrogens with one attached hydrogen (secondary N) is 1. The summed E-state index contributed by atoms with van der Waals surface area (Å²) in [6.07, 6.45) is 1.57. The summed E-state index contributed by atoms with van der Waals surface area (Å²) in [4.78, 5) is 10.7. The molecule has 0 aromatic carbocycles. The average Bonchev–Trinajstić information content (AvgIpc) is 2.15. The fourth-order valence-corrected chi connectivity index (χ4v) is 1.38. The molecular weight excluding hydrogens is 196 g/mol. The van der Waals surface area contributed by atoms with Gasteiger partial charge in [0, 0.05) is 24.9 Å². The molecule has 15 heavy (non-hydrogen) atoms. The van der Waals surface area contributed by atoms with Crippen LogP contribution in [0, 0.1) is 0 Å². The minimum atomic E-state index is -0.339. The SMILES string of the molecule is CCC(CC(N)=NO)NC(C)CC(N)=O. The lowest BCUT2D eigenvalue weighted by atomic mass is 10.1. The highest BCUT2D eigenvalue weighted by atomic mass is 16.4. The normalized spacial score (nSPS) is 16.0.